The third-order valence-corrected chi connectivity index (χ3v) is 5.94. The second-order valence-corrected chi connectivity index (χ2v) is 8.20. The molecule has 0 unspecified atom stereocenters. The molecular weight excluding hydrogens is 388 g/mol. The Hall–Kier alpha value is -2.35. The fourth-order valence-corrected chi connectivity index (χ4v) is 4.70. The van der Waals surface area contributed by atoms with Crippen molar-refractivity contribution in [2.24, 2.45) is 0 Å². The molecule has 6 nitrogen and oxygen atoms in total. The molecule has 0 aliphatic heterocycles. The molecule has 1 amide bonds. The maximum atomic E-state index is 12.7. The maximum absolute atomic E-state index is 12.7. The van der Waals surface area contributed by atoms with E-state index < -0.39 is 5.97 Å². The molecule has 2 aromatic heterocycles. The van der Waals surface area contributed by atoms with Crippen LogP contribution < -0.4 is 5.32 Å². The van der Waals surface area contributed by atoms with Crippen LogP contribution in [0.1, 0.15) is 27.5 Å². The number of halogens is 1. The molecule has 8 heteroatoms. The van der Waals surface area contributed by atoms with Gasteiger partial charge in [0.15, 0.2) is 0 Å². The Kier molecular flexibility index (Phi) is 4.90. The summed E-state index contributed by atoms with van der Waals surface area (Å²) in [6, 6.07) is 11.4. The molecule has 3 N–H and O–H groups in total. The highest BCUT2D eigenvalue weighted by atomic mass is 35.5. The van der Waals surface area contributed by atoms with Crippen molar-refractivity contribution in [1.82, 2.24) is 10.3 Å². The Morgan fingerprint density at radius 2 is 2.15 bits per heavy atom. The van der Waals surface area contributed by atoms with Gasteiger partial charge in [0.05, 0.1) is 10.9 Å². The van der Waals surface area contributed by atoms with Gasteiger partial charge in [0, 0.05) is 17.3 Å². The van der Waals surface area contributed by atoms with Gasteiger partial charge in [-0.25, -0.2) is 4.79 Å². The minimum atomic E-state index is -1.01. The molecule has 0 fully saturated rings. The molecule has 2 heterocycles. The number of carboxylic acids is 1. The van der Waals surface area contributed by atoms with Crippen LogP contribution in [-0.4, -0.2) is 41.2 Å². The lowest BCUT2D eigenvalue weighted by Crippen LogP contribution is -2.39. The topological polar surface area (TPSA) is 91.4 Å². The van der Waals surface area contributed by atoms with Gasteiger partial charge in [0.1, 0.15) is 17.1 Å². The van der Waals surface area contributed by atoms with Gasteiger partial charge in [-0.05, 0) is 29.7 Å². The largest absolute Gasteiger partial charge is 0.480 e. The predicted molar refractivity (Wildman–Crippen MR) is 104 cm³/mol. The third-order valence-electron chi connectivity index (χ3n) is 4.74. The molecule has 0 radical (unpaired) electrons. The van der Waals surface area contributed by atoms with Gasteiger partial charge in [0.25, 0.3) is 5.91 Å². The quantitative estimate of drug-likeness (QED) is 0.587. The third kappa shape index (κ3) is 3.71. The lowest BCUT2D eigenvalue weighted by atomic mass is 9.99. The molecule has 27 heavy (non-hydrogen) atoms. The zero-order valence-electron chi connectivity index (χ0n) is 14.2. The molecule has 140 valence electrons. The molecule has 1 aliphatic carbocycles. The standard InChI is InChI=1S/C19H17ClN2O4S/c20-16-7-11-6-15(22-19(11)27-16)18(25)21-14-5-10-3-1-2-4-12(10)13(14)8-26-9-17(23)24/h1-4,6-7,13-14,22H,5,8-9H2,(H,21,25)(H,23,24)/t13-,14-/m1/s1. The highest BCUT2D eigenvalue weighted by Gasteiger charge is 2.34. The Labute approximate surface area is 164 Å². The van der Waals surface area contributed by atoms with Gasteiger partial charge in [-0.2, -0.15) is 0 Å². The number of aromatic amines is 1. The SMILES string of the molecule is O=C(O)COC[C@@H]1c2ccccc2C[C@H]1NC(=O)c1cc2cc(Cl)sc2[nH]1. The normalized spacial score (nSPS) is 18.6. The van der Waals surface area contributed by atoms with Gasteiger partial charge < -0.3 is 20.1 Å². The number of nitrogens with one attached hydrogen (secondary N) is 2. The number of hydrogen-bond donors (Lipinski definition) is 3. The lowest BCUT2D eigenvalue weighted by Gasteiger charge is -2.21. The summed E-state index contributed by atoms with van der Waals surface area (Å²) in [4.78, 5) is 27.4. The Balaban J connectivity index is 1.51. The number of carboxylic acid groups (broad SMARTS) is 1. The number of aromatic nitrogens is 1. The van der Waals surface area contributed by atoms with Crippen LogP contribution in [0.15, 0.2) is 36.4 Å². The maximum Gasteiger partial charge on any atom is 0.329 e. The van der Waals surface area contributed by atoms with Crippen molar-refractivity contribution in [3.63, 3.8) is 0 Å². The van der Waals surface area contributed by atoms with Crippen molar-refractivity contribution in [2.45, 2.75) is 18.4 Å². The Morgan fingerprint density at radius 3 is 2.93 bits per heavy atom. The summed E-state index contributed by atoms with van der Waals surface area (Å²) in [6.45, 7) is -0.114. The summed E-state index contributed by atoms with van der Waals surface area (Å²) in [5.41, 5.74) is 2.72. The number of ether oxygens (including phenoxy) is 1. The molecular formula is C19H17ClN2O4S. The van der Waals surface area contributed by atoms with Crippen molar-refractivity contribution in [3.05, 3.63) is 57.6 Å². The van der Waals surface area contributed by atoms with Gasteiger partial charge >= 0.3 is 5.97 Å². The molecule has 4 rings (SSSR count). The van der Waals surface area contributed by atoms with Crippen LogP contribution in [0.25, 0.3) is 10.2 Å². The first kappa shape index (κ1) is 18.0. The number of carbonyl (C=O) groups excluding carboxylic acids is 1. The molecule has 0 bridgehead atoms. The summed E-state index contributed by atoms with van der Waals surface area (Å²) >= 11 is 7.37. The average molecular weight is 405 g/mol. The summed E-state index contributed by atoms with van der Waals surface area (Å²) in [5.74, 6) is -1.29. The van der Waals surface area contributed by atoms with Gasteiger partial charge in [0.2, 0.25) is 0 Å². The Morgan fingerprint density at radius 1 is 1.33 bits per heavy atom. The molecule has 1 aliphatic rings. The molecule has 0 saturated carbocycles. The number of aliphatic carboxylic acids is 1. The first-order valence-electron chi connectivity index (χ1n) is 8.47. The van der Waals surface area contributed by atoms with Crippen molar-refractivity contribution >= 4 is 45.0 Å². The van der Waals surface area contributed by atoms with Gasteiger partial charge in [-0.3, -0.25) is 4.79 Å². The second-order valence-electron chi connectivity index (χ2n) is 6.52. The van der Waals surface area contributed by atoms with Crippen LogP contribution in [0.2, 0.25) is 4.34 Å². The Bertz CT molecular complexity index is 981. The molecule has 1 aromatic carbocycles. The van der Waals surface area contributed by atoms with Crippen molar-refractivity contribution in [2.75, 3.05) is 13.2 Å². The van der Waals surface area contributed by atoms with E-state index in [0.717, 1.165) is 21.3 Å². The zero-order chi connectivity index (χ0) is 19.0. The summed E-state index contributed by atoms with van der Waals surface area (Å²) in [6.07, 6.45) is 0.684. The number of benzene rings is 1. The smallest absolute Gasteiger partial charge is 0.329 e. The van der Waals surface area contributed by atoms with E-state index in [1.165, 1.54) is 11.3 Å². The van der Waals surface area contributed by atoms with Crippen LogP contribution in [0, 0.1) is 0 Å². The van der Waals surface area contributed by atoms with Crippen LogP contribution in [-0.2, 0) is 16.0 Å². The number of amides is 1. The van der Waals surface area contributed by atoms with E-state index in [4.69, 9.17) is 21.4 Å². The van der Waals surface area contributed by atoms with Crippen molar-refractivity contribution < 1.29 is 19.4 Å². The summed E-state index contributed by atoms with van der Waals surface area (Å²) in [5, 5.41) is 12.8. The first-order valence-corrected chi connectivity index (χ1v) is 9.67. The van der Waals surface area contributed by atoms with E-state index >= 15 is 0 Å². The van der Waals surface area contributed by atoms with Crippen molar-refractivity contribution in [3.8, 4) is 0 Å². The molecule has 3 aromatic rings. The fourth-order valence-electron chi connectivity index (χ4n) is 3.57. The van der Waals surface area contributed by atoms with Gasteiger partial charge in [-0.1, -0.05) is 35.9 Å². The molecule has 0 saturated heterocycles. The predicted octanol–water partition coefficient (Wildman–Crippen LogP) is 3.42. The first-order chi connectivity index (χ1) is 13.0. The second kappa shape index (κ2) is 7.34. The number of thiophene rings is 1. The monoisotopic (exact) mass is 404 g/mol. The molecule has 0 spiro atoms. The minimum Gasteiger partial charge on any atom is -0.480 e. The number of fused-ring (bicyclic) bond motifs is 2. The van der Waals surface area contributed by atoms with Crippen LogP contribution in [0.5, 0.6) is 0 Å². The van der Waals surface area contributed by atoms with E-state index in [1.54, 1.807) is 6.07 Å². The lowest BCUT2D eigenvalue weighted by molar-refractivity contribution is -0.142. The number of hydrogen-bond acceptors (Lipinski definition) is 4. The van der Waals surface area contributed by atoms with Crippen LogP contribution in [0.4, 0.5) is 0 Å². The minimum absolute atomic E-state index is 0.0879. The van der Waals surface area contributed by atoms with E-state index in [1.807, 2.05) is 30.3 Å². The van der Waals surface area contributed by atoms with Gasteiger partial charge in [-0.15, -0.1) is 11.3 Å². The van der Waals surface area contributed by atoms with E-state index in [0.29, 0.717) is 16.5 Å². The van der Waals surface area contributed by atoms with E-state index in [9.17, 15) is 9.59 Å². The summed E-state index contributed by atoms with van der Waals surface area (Å²) < 4.78 is 6.00. The number of carbonyl (C=O) groups is 2. The van der Waals surface area contributed by atoms with E-state index in [2.05, 4.69) is 10.3 Å². The van der Waals surface area contributed by atoms with Crippen LogP contribution in [0.3, 0.4) is 0 Å². The number of rotatable bonds is 6. The fraction of sp³-hybridized carbons (Fsp3) is 0.263. The highest BCUT2D eigenvalue weighted by Crippen LogP contribution is 2.34. The van der Waals surface area contributed by atoms with E-state index in [-0.39, 0.29) is 31.1 Å². The number of H-pyrrole nitrogens is 1. The van der Waals surface area contributed by atoms with Crippen LogP contribution >= 0.6 is 22.9 Å². The zero-order valence-corrected chi connectivity index (χ0v) is 15.8. The average Bonchev–Trinajstić information content (AvgIpc) is 3.26. The highest BCUT2D eigenvalue weighted by molar-refractivity contribution is 7.22. The molecule has 2 atom stereocenters. The van der Waals surface area contributed by atoms with Crippen molar-refractivity contribution in [1.29, 1.82) is 0 Å². The summed E-state index contributed by atoms with van der Waals surface area (Å²) in [7, 11) is 0.